The molecule has 0 saturated carbocycles. The summed E-state index contributed by atoms with van der Waals surface area (Å²) in [6.07, 6.45) is 0.753. The predicted molar refractivity (Wildman–Crippen MR) is 75.5 cm³/mol. The molecule has 1 aromatic carbocycles. The second-order valence-corrected chi connectivity index (χ2v) is 5.80. The summed E-state index contributed by atoms with van der Waals surface area (Å²) >= 11 is 0. The van der Waals surface area contributed by atoms with Crippen molar-refractivity contribution < 1.29 is 9.18 Å². The Morgan fingerprint density at radius 1 is 1.47 bits per heavy atom. The van der Waals surface area contributed by atoms with E-state index in [-0.39, 0.29) is 5.56 Å². The first-order valence-corrected chi connectivity index (χ1v) is 6.56. The van der Waals surface area contributed by atoms with Gasteiger partial charge in [-0.3, -0.25) is 4.79 Å². The van der Waals surface area contributed by atoms with Gasteiger partial charge in [0.25, 0.3) is 5.91 Å². The van der Waals surface area contributed by atoms with Gasteiger partial charge in [0.2, 0.25) is 0 Å². The first-order chi connectivity index (χ1) is 8.77. The molecule has 0 bridgehead atoms. The largest absolute Gasteiger partial charge is 0.346 e. The highest BCUT2D eigenvalue weighted by atomic mass is 19.1. The third kappa shape index (κ3) is 4.31. The van der Waals surface area contributed by atoms with Crippen molar-refractivity contribution in [3.8, 4) is 0 Å². The van der Waals surface area contributed by atoms with Crippen molar-refractivity contribution in [1.82, 2.24) is 5.32 Å². The van der Waals surface area contributed by atoms with Crippen LogP contribution in [0.2, 0.25) is 0 Å². The van der Waals surface area contributed by atoms with Gasteiger partial charge < -0.3 is 11.1 Å². The average molecular weight is 266 g/mol. The molecule has 0 aliphatic rings. The smallest absolute Gasteiger partial charge is 0.254 e. The summed E-state index contributed by atoms with van der Waals surface area (Å²) in [5.41, 5.74) is 6.15. The maximum Gasteiger partial charge on any atom is 0.254 e. The zero-order valence-corrected chi connectivity index (χ0v) is 12.1. The molecule has 0 aliphatic carbocycles. The molecule has 0 fully saturated rings. The lowest BCUT2D eigenvalue weighted by Crippen LogP contribution is -2.52. The number of nitrogens with one attached hydrogen (secondary N) is 1. The summed E-state index contributed by atoms with van der Waals surface area (Å²) in [7, 11) is 0. The van der Waals surface area contributed by atoms with Crippen LogP contribution in [0.4, 0.5) is 4.39 Å². The molecule has 3 nitrogen and oxygen atoms in total. The maximum atomic E-state index is 13.7. The van der Waals surface area contributed by atoms with E-state index in [1.807, 2.05) is 13.8 Å². The van der Waals surface area contributed by atoms with Crippen LogP contribution in [0.25, 0.3) is 0 Å². The Balaban J connectivity index is 2.91. The number of amides is 1. The lowest BCUT2D eigenvalue weighted by molar-refractivity contribution is 0.0894. The van der Waals surface area contributed by atoms with Crippen LogP contribution in [0.1, 0.15) is 43.1 Å². The zero-order valence-electron chi connectivity index (χ0n) is 12.1. The summed E-state index contributed by atoms with van der Waals surface area (Å²) in [6, 6.07) is 4.51. The fourth-order valence-corrected chi connectivity index (χ4v) is 2.24. The number of carbonyl (C=O) groups excluding carboxylic acids is 1. The third-order valence-corrected chi connectivity index (χ3v) is 3.09. The van der Waals surface area contributed by atoms with E-state index in [0.717, 1.165) is 12.0 Å². The Morgan fingerprint density at radius 2 is 2.11 bits per heavy atom. The van der Waals surface area contributed by atoms with Crippen molar-refractivity contribution in [2.45, 2.75) is 39.7 Å². The average Bonchev–Trinajstić information content (AvgIpc) is 2.31. The molecule has 4 heteroatoms. The molecule has 0 aliphatic heterocycles. The van der Waals surface area contributed by atoms with Crippen LogP contribution in [0, 0.1) is 18.7 Å². The SMILES string of the molecule is Cc1ccc(F)c(C(=O)NC(C)(CN)CC(C)C)c1. The summed E-state index contributed by atoms with van der Waals surface area (Å²) in [4.78, 5) is 12.2. The van der Waals surface area contributed by atoms with Crippen molar-refractivity contribution in [1.29, 1.82) is 0 Å². The van der Waals surface area contributed by atoms with Crippen LogP contribution >= 0.6 is 0 Å². The van der Waals surface area contributed by atoms with E-state index in [1.165, 1.54) is 6.07 Å². The van der Waals surface area contributed by atoms with Crippen LogP contribution in [0.3, 0.4) is 0 Å². The first kappa shape index (κ1) is 15.6. The monoisotopic (exact) mass is 266 g/mol. The fourth-order valence-electron chi connectivity index (χ4n) is 2.24. The van der Waals surface area contributed by atoms with E-state index < -0.39 is 17.3 Å². The van der Waals surface area contributed by atoms with E-state index in [4.69, 9.17) is 5.73 Å². The van der Waals surface area contributed by atoms with Gasteiger partial charge in [-0.05, 0) is 38.3 Å². The summed E-state index contributed by atoms with van der Waals surface area (Å²) in [5.74, 6) is -0.516. The molecule has 19 heavy (non-hydrogen) atoms. The molecular weight excluding hydrogens is 243 g/mol. The first-order valence-electron chi connectivity index (χ1n) is 6.56. The standard InChI is InChI=1S/C15H23FN2O/c1-10(2)8-15(4,9-17)18-14(19)12-7-11(3)5-6-13(12)16/h5-7,10H,8-9,17H2,1-4H3,(H,18,19). The number of aryl methyl sites for hydroxylation is 1. The molecular formula is C15H23FN2O. The number of benzene rings is 1. The molecule has 0 spiro atoms. The lowest BCUT2D eigenvalue weighted by Gasteiger charge is -2.31. The van der Waals surface area contributed by atoms with Crippen LogP contribution in [-0.2, 0) is 0 Å². The molecule has 1 atom stereocenters. The van der Waals surface area contributed by atoms with Gasteiger partial charge in [0.05, 0.1) is 5.56 Å². The van der Waals surface area contributed by atoms with Gasteiger partial charge in [0, 0.05) is 12.1 Å². The minimum absolute atomic E-state index is 0.0726. The second-order valence-electron chi connectivity index (χ2n) is 5.80. The minimum Gasteiger partial charge on any atom is -0.346 e. The quantitative estimate of drug-likeness (QED) is 0.860. The third-order valence-electron chi connectivity index (χ3n) is 3.09. The molecule has 0 saturated heterocycles. The number of halogens is 1. The van der Waals surface area contributed by atoms with Crippen molar-refractivity contribution >= 4 is 5.91 Å². The highest BCUT2D eigenvalue weighted by molar-refractivity contribution is 5.95. The Kier molecular flexibility index (Phi) is 5.06. The van der Waals surface area contributed by atoms with Gasteiger partial charge >= 0.3 is 0 Å². The Morgan fingerprint density at radius 3 is 2.63 bits per heavy atom. The van der Waals surface area contributed by atoms with E-state index in [1.54, 1.807) is 12.1 Å². The fraction of sp³-hybridized carbons (Fsp3) is 0.533. The van der Waals surface area contributed by atoms with Crippen LogP contribution in [0.5, 0.6) is 0 Å². The van der Waals surface area contributed by atoms with Crippen LogP contribution < -0.4 is 11.1 Å². The minimum atomic E-state index is -0.512. The van der Waals surface area contributed by atoms with Crippen molar-refractivity contribution in [2.24, 2.45) is 11.7 Å². The van der Waals surface area contributed by atoms with Gasteiger partial charge in [-0.1, -0.05) is 25.5 Å². The summed E-state index contributed by atoms with van der Waals surface area (Å²) in [6.45, 7) is 8.16. The predicted octanol–water partition coefficient (Wildman–Crippen LogP) is 2.63. The Labute approximate surface area is 114 Å². The molecule has 1 unspecified atom stereocenters. The Hall–Kier alpha value is -1.42. The number of nitrogens with two attached hydrogens (primary N) is 1. The Bertz CT molecular complexity index is 459. The summed E-state index contributed by atoms with van der Waals surface area (Å²) < 4.78 is 13.7. The number of carbonyl (C=O) groups is 1. The van der Waals surface area contributed by atoms with Crippen molar-refractivity contribution in [3.05, 3.63) is 35.1 Å². The summed E-state index contributed by atoms with van der Waals surface area (Å²) in [5, 5.41) is 2.85. The zero-order chi connectivity index (χ0) is 14.6. The van der Waals surface area contributed by atoms with Gasteiger partial charge in [-0.15, -0.1) is 0 Å². The molecule has 3 N–H and O–H groups in total. The highest BCUT2D eigenvalue weighted by Gasteiger charge is 2.27. The van der Waals surface area contributed by atoms with Gasteiger partial charge in [-0.25, -0.2) is 4.39 Å². The van der Waals surface area contributed by atoms with Crippen LogP contribution in [0.15, 0.2) is 18.2 Å². The molecule has 0 heterocycles. The van der Waals surface area contributed by atoms with Gasteiger partial charge in [0.1, 0.15) is 5.82 Å². The van der Waals surface area contributed by atoms with Gasteiger partial charge in [0.15, 0.2) is 0 Å². The number of hydrogen-bond acceptors (Lipinski definition) is 2. The molecule has 1 amide bonds. The number of hydrogen-bond donors (Lipinski definition) is 2. The molecule has 106 valence electrons. The molecule has 0 aromatic heterocycles. The van der Waals surface area contributed by atoms with E-state index in [0.29, 0.717) is 12.5 Å². The van der Waals surface area contributed by atoms with Crippen molar-refractivity contribution in [2.75, 3.05) is 6.54 Å². The maximum absolute atomic E-state index is 13.7. The molecule has 0 radical (unpaired) electrons. The number of rotatable bonds is 5. The normalized spacial score (nSPS) is 14.3. The van der Waals surface area contributed by atoms with E-state index >= 15 is 0 Å². The topological polar surface area (TPSA) is 55.1 Å². The van der Waals surface area contributed by atoms with E-state index in [2.05, 4.69) is 19.2 Å². The highest BCUT2D eigenvalue weighted by Crippen LogP contribution is 2.17. The van der Waals surface area contributed by atoms with E-state index in [9.17, 15) is 9.18 Å². The lowest BCUT2D eigenvalue weighted by atomic mass is 9.90. The molecule has 1 rings (SSSR count). The van der Waals surface area contributed by atoms with Crippen LogP contribution in [-0.4, -0.2) is 18.0 Å². The second kappa shape index (κ2) is 6.15. The van der Waals surface area contributed by atoms with Gasteiger partial charge in [-0.2, -0.15) is 0 Å². The molecule has 1 aromatic rings. The van der Waals surface area contributed by atoms with Crippen molar-refractivity contribution in [3.63, 3.8) is 0 Å².